The molecule has 0 radical (unpaired) electrons. The van der Waals surface area contributed by atoms with Crippen molar-refractivity contribution in [1.29, 1.82) is 0 Å². The maximum absolute atomic E-state index is 3.58. The lowest BCUT2D eigenvalue weighted by molar-refractivity contribution is 0.734. The van der Waals surface area contributed by atoms with Gasteiger partial charge in [-0.25, -0.2) is 0 Å². The Hall–Kier alpha value is -3.30. The Kier molecular flexibility index (Phi) is 6.79. The van der Waals surface area contributed by atoms with Gasteiger partial charge in [0.25, 0.3) is 0 Å². The Morgan fingerprint density at radius 2 is 0.914 bits per heavy atom. The highest BCUT2D eigenvalue weighted by Crippen LogP contribution is 2.38. The van der Waals surface area contributed by atoms with Crippen molar-refractivity contribution < 1.29 is 0 Å². The van der Waals surface area contributed by atoms with Crippen molar-refractivity contribution in [2.24, 2.45) is 0 Å². The van der Waals surface area contributed by atoms with Gasteiger partial charge in [-0.2, -0.15) is 0 Å². The molecule has 0 amide bonds. The monoisotopic (exact) mass is 478 g/mol. The highest BCUT2D eigenvalue weighted by atomic mass is 32.1. The van der Waals surface area contributed by atoms with Gasteiger partial charge < -0.3 is 10.6 Å². The van der Waals surface area contributed by atoms with Crippen LogP contribution in [-0.2, 0) is 0 Å². The zero-order valence-electron chi connectivity index (χ0n) is 21.1. The molecule has 0 spiro atoms. The van der Waals surface area contributed by atoms with Gasteiger partial charge in [-0.3, -0.25) is 0 Å². The summed E-state index contributed by atoms with van der Waals surface area (Å²) in [7, 11) is 0. The first-order valence-electron chi connectivity index (χ1n) is 12.7. The standard InChI is InChI=1S/C32H34N2S/c1-5-21(3)23-7-11-25(12-8-23)33-27-15-17-29-30-18-16-28(20-32(30)35-31(29)19-27)34-26-13-9-24(10-14-26)22(4)6-2/h7-22,33-34H,5-6H2,1-4H3. The van der Waals surface area contributed by atoms with Crippen molar-refractivity contribution in [3.8, 4) is 0 Å². The van der Waals surface area contributed by atoms with Crippen molar-refractivity contribution >= 4 is 54.3 Å². The van der Waals surface area contributed by atoms with Crippen LogP contribution < -0.4 is 10.6 Å². The van der Waals surface area contributed by atoms with Crippen LogP contribution in [0, 0.1) is 0 Å². The molecule has 2 nitrogen and oxygen atoms in total. The lowest BCUT2D eigenvalue weighted by Crippen LogP contribution is -1.93. The molecule has 2 N–H and O–H groups in total. The molecule has 4 aromatic carbocycles. The Morgan fingerprint density at radius 1 is 0.543 bits per heavy atom. The van der Waals surface area contributed by atoms with E-state index in [1.807, 2.05) is 11.3 Å². The van der Waals surface area contributed by atoms with Gasteiger partial charge in [0.05, 0.1) is 0 Å². The summed E-state index contributed by atoms with van der Waals surface area (Å²) in [6.45, 7) is 9.03. The summed E-state index contributed by atoms with van der Waals surface area (Å²) in [5.74, 6) is 1.20. The van der Waals surface area contributed by atoms with E-state index in [1.54, 1.807) is 0 Å². The highest BCUT2D eigenvalue weighted by molar-refractivity contribution is 7.25. The summed E-state index contributed by atoms with van der Waals surface area (Å²) in [6.07, 6.45) is 2.33. The van der Waals surface area contributed by atoms with E-state index in [4.69, 9.17) is 0 Å². The smallest absolute Gasteiger partial charge is 0.0398 e. The molecule has 178 valence electrons. The van der Waals surface area contributed by atoms with Gasteiger partial charge in [0.15, 0.2) is 0 Å². The quantitative estimate of drug-likeness (QED) is 0.232. The molecule has 0 aliphatic heterocycles. The average molecular weight is 479 g/mol. The van der Waals surface area contributed by atoms with Crippen molar-refractivity contribution in [3.63, 3.8) is 0 Å². The van der Waals surface area contributed by atoms with Gasteiger partial charge in [-0.05, 0) is 84.3 Å². The average Bonchev–Trinajstić information content (AvgIpc) is 3.25. The van der Waals surface area contributed by atoms with Crippen LogP contribution in [0.3, 0.4) is 0 Å². The molecular weight excluding hydrogens is 444 g/mol. The first-order valence-corrected chi connectivity index (χ1v) is 13.6. The molecule has 0 saturated heterocycles. The van der Waals surface area contributed by atoms with E-state index in [9.17, 15) is 0 Å². The third kappa shape index (κ3) is 5.06. The SMILES string of the molecule is CCC(C)c1ccc(Nc2ccc3c(c2)sc2cc(Nc4ccc(C(C)CC)cc4)ccc23)cc1. The van der Waals surface area contributed by atoms with Gasteiger partial charge in [0.2, 0.25) is 0 Å². The van der Waals surface area contributed by atoms with Crippen LogP contribution in [0.4, 0.5) is 22.7 Å². The molecule has 2 unspecified atom stereocenters. The van der Waals surface area contributed by atoms with Crippen molar-refractivity contribution in [3.05, 3.63) is 96.1 Å². The summed E-state index contributed by atoms with van der Waals surface area (Å²) >= 11 is 1.85. The highest BCUT2D eigenvalue weighted by Gasteiger charge is 2.09. The number of hydrogen-bond acceptors (Lipinski definition) is 3. The molecule has 1 aromatic heterocycles. The molecule has 5 rings (SSSR count). The third-order valence-corrected chi connectivity index (χ3v) is 8.35. The first kappa shape index (κ1) is 23.4. The van der Waals surface area contributed by atoms with E-state index in [2.05, 4.69) is 123 Å². The first-order chi connectivity index (χ1) is 17.0. The molecule has 0 aliphatic carbocycles. The molecule has 1 heterocycles. The Balaban J connectivity index is 1.35. The molecule has 0 aliphatic rings. The Labute approximate surface area is 213 Å². The second-order valence-electron chi connectivity index (χ2n) is 9.64. The molecule has 35 heavy (non-hydrogen) atoms. The normalized spacial score (nSPS) is 13.1. The minimum Gasteiger partial charge on any atom is -0.355 e. The fraction of sp³-hybridized carbons (Fsp3) is 0.250. The number of benzene rings is 4. The molecular formula is C32H34N2S. The fourth-order valence-electron chi connectivity index (χ4n) is 4.53. The number of anilines is 4. The van der Waals surface area contributed by atoms with E-state index in [0.717, 1.165) is 35.6 Å². The predicted octanol–water partition coefficient (Wildman–Crippen LogP) is 10.6. The lowest BCUT2D eigenvalue weighted by atomic mass is 9.98. The summed E-state index contributed by atoms with van der Waals surface area (Å²) in [4.78, 5) is 0. The van der Waals surface area contributed by atoms with E-state index in [-0.39, 0.29) is 0 Å². The second-order valence-corrected chi connectivity index (χ2v) is 10.7. The van der Waals surface area contributed by atoms with Crippen LogP contribution >= 0.6 is 11.3 Å². The van der Waals surface area contributed by atoms with Crippen LogP contribution in [-0.4, -0.2) is 0 Å². The van der Waals surface area contributed by atoms with Crippen LogP contribution in [0.5, 0.6) is 0 Å². The van der Waals surface area contributed by atoms with E-state index >= 15 is 0 Å². The van der Waals surface area contributed by atoms with Crippen LogP contribution in [0.15, 0.2) is 84.9 Å². The largest absolute Gasteiger partial charge is 0.355 e. The van der Waals surface area contributed by atoms with Crippen molar-refractivity contribution in [2.45, 2.75) is 52.4 Å². The van der Waals surface area contributed by atoms with Gasteiger partial charge in [-0.15, -0.1) is 11.3 Å². The van der Waals surface area contributed by atoms with E-state index in [0.29, 0.717) is 11.8 Å². The maximum Gasteiger partial charge on any atom is 0.0398 e. The second kappa shape index (κ2) is 10.1. The van der Waals surface area contributed by atoms with Crippen molar-refractivity contribution in [1.82, 2.24) is 0 Å². The zero-order valence-corrected chi connectivity index (χ0v) is 21.9. The molecule has 3 heteroatoms. The lowest BCUT2D eigenvalue weighted by Gasteiger charge is -2.11. The van der Waals surface area contributed by atoms with Crippen molar-refractivity contribution in [2.75, 3.05) is 10.6 Å². The predicted molar refractivity (Wildman–Crippen MR) is 156 cm³/mol. The Morgan fingerprint density at radius 3 is 1.29 bits per heavy atom. The fourth-order valence-corrected chi connectivity index (χ4v) is 5.71. The number of nitrogens with one attached hydrogen (secondary N) is 2. The van der Waals surface area contributed by atoms with Gasteiger partial charge in [-0.1, -0.05) is 64.1 Å². The van der Waals surface area contributed by atoms with Crippen LogP contribution in [0.25, 0.3) is 20.2 Å². The number of hydrogen-bond donors (Lipinski definition) is 2. The van der Waals surface area contributed by atoms with Crippen LogP contribution in [0.2, 0.25) is 0 Å². The summed E-state index contributed by atoms with van der Waals surface area (Å²) in [6, 6.07) is 31.1. The van der Waals surface area contributed by atoms with Crippen LogP contribution in [0.1, 0.15) is 63.5 Å². The van der Waals surface area contributed by atoms with Gasteiger partial charge in [0, 0.05) is 42.9 Å². The number of thiophene rings is 1. The summed E-state index contributed by atoms with van der Waals surface area (Å²) in [5, 5.41) is 9.78. The molecule has 2 atom stereocenters. The van der Waals surface area contributed by atoms with E-state index < -0.39 is 0 Å². The molecule has 0 fully saturated rings. The van der Waals surface area contributed by atoms with Gasteiger partial charge >= 0.3 is 0 Å². The number of fused-ring (bicyclic) bond motifs is 3. The summed E-state index contributed by atoms with van der Waals surface area (Å²) < 4.78 is 2.60. The third-order valence-electron chi connectivity index (χ3n) is 7.23. The Bertz CT molecular complexity index is 1320. The molecule has 0 saturated carbocycles. The minimum atomic E-state index is 0.599. The maximum atomic E-state index is 3.58. The molecule has 0 bridgehead atoms. The van der Waals surface area contributed by atoms with Gasteiger partial charge in [0.1, 0.15) is 0 Å². The van der Waals surface area contributed by atoms with E-state index in [1.165, 1.54) is 31.3 Å². The zero-order chi connectivity index (χ0) is 24.4. The topological polar surface area (TPSA) is 24.1 Å². The minimum absolute atomic E-state index is 0.599. The summed E-state index contributed by atoms with van der Waals surface area (Å²) in [5.41, 5.74) is 7.30. The molecule has 5 aromatic rings. The number of rotatable bonds is 8.